The second-order valence-corrected chi connectivity index (χ2v) is 5.77. The summed E-state index contributed by atoms with van der Waals surface area (Å²) in [6.07, 6.45) is 4.87. The third-order valence-electron chi connectivity index (χ3n) is 3.60. The van der Waals surface area contributed by atoms with Crippen molar-refractivity contribution < 1.29 is 4.79 Å². The number of nitrogens with zero attached hydrogens (tertiary/aromatic N) is 3. The Bertz CT molecular complexity index is 387. The number of hydrogen-bond donors (Lipinski definition) is 1. The molecule has 6 heteroatoms. The van der Waals surface area contributed by atoms with Gasteiger partial charge in [0.25, 0.3) is 0 Å². The van der Waals surface area contributed by atoms with E-state index >= 15 is 0 Å². The van der Waals surface area contributed by atoms with Crippen molar-refractivity contribution >= 4 is 22.4 Å². The van der Waals surface area contributed by atoms with Crippen LogP contribution < -0.4 is 10.6 Å². The fourth-order valence-corrected chi connectivity index (χ4v) is 3.20. The third kappa shape index (κ3) is 3.67. The molecule has 0 saturated carbocycles. The van der Waals surface area contributed by atoms with Crippen LogP contribution in [-0.2, 0) is 4.79 Å². The first-order valence-electron chi connectivity index (χ1n) is 6.90. The fraction of sp³-hybridized carbons (Fsp3) is 0.692. The second-order valence-electron chi connectivity index (χ2n) is 4.90. The van der Waals surface area contributed by atoms with E-state index in [0.717, 1.165) is 50.6 Å². The normalized spacial score (nSPS) is 18.5. The first-order valence-corrected chi connectivity index (χ1v) is 7.78. The molecule has 0 radical (unpaired) electrons. The van der Waals surface area contributed by atoms with Crippen LogP contribution in [0.25, 0.3) is 0 Å². The molecule has 0 aliphatic carbocycles. The zero-order valence-corrected chi connectivity index (χ0v) is 12.2. The Kier molecular flexibility index (Phi) is 5.15. The van der Waals surface area contributed by atoms with Crippen molar-refractivity contribution in [3.8, 4) is 0 Å². The van der Waals surface area contributed by atoms with E-state index in [2.05, 4.69) is 21.7 Å². The second kappa shape index (κ2) is 6.86. The van der Waals surface area contributed by atoms with Crippen LogP contribution in [-0.4, -0.2) is 48.0 Å². The summed E-state index contributed by atoms with van der Waals surface area (Å²) >= 11 is 1.66. The SMILES string of the molecule is CCCCC(C(N)=O)N1CCN(c2nccs2)CC1. The number of primary amides is 1. The molecule has 19 heavy (non-hydrogen) atoms. The highest BCUT2D eigenvalue weighted by Gasteiger charge is 2.27. The van der Waals surface area contributed by atoms with Gasteiger partial charge in [-0.25, -0.2) is 4.98 Å². The third-order valence-corrected chi connectivity index (χ3v) is 4.44. The number of piperazine rings is 1. The lowest BCUT2D eigenvalue weighted by atomic mass is 10.1. The first kappa shape index (κ1) is 14.3. The van der Waals surface area contributed by atoms with Crippen molar-refractivity contribution in [3.05, 3.63) is 11.6 Å². The number of aromatic nitrogens is 1. The molecule has 1 aliphatic heterocycles. The zero-order chi connectivity index (χ0) is 13.7. The van der Waals surface area contributed by atoms with Gasteiger partial charge < -0.3 is 10.6 Å². The van der Waals surface area contributed by atoms with Crippen LogP contribution in [0.3, 0.4) is 0 Å². The summed E-state index contributed by atoms with van der Waals surface area (Å²) in [4.78, 5) is 20.4. The van der Waals surface area contributed by atoms with Gasteiger partial charge in [0.1, 0.15) is 0 Å². The maximum atomic E-state index is 11.6. The first-order chi connectivity index (χ1) is 9.22. The minimum atomic E-state index is -0.184. The number of hydrogen-bond acceptors (Lipinski definition) is 5. The van der Waals surface area contributed by atoms with Crippen molar-refractivity contribution in [1.29, 1.82) is 0 Å². The molecule has 2 heterocycles. The van der Waals surface area contributed by atoms with E-state index in [-0.39, 0.29) is 11.9 Å². The van der Waals surface area contributed by atoms with E-state index < -0.39 is 0 Å². The summed E-state index contributed by atoms with van der Waals surface area (Å²) in [6.45, 7) is 5.75. The summed E-state index contributed by atoms with van der Waals surface area (Å²) in [5.74, 6) is -0.184. The largest absolute Gasteiger partial charge is 0.368 e. The average molecular weight is 282 g/mol. The zero-order valence-electron chi connectivity index (χ0n) is 11.4. The van der Waals surface area contributed by atoms with Crippen LogP contribution >= 0.6 is 11.3 Å². The molecule has 1 atom stereocenters. The predicted octanol–water partition coefficient (Wildman–Crippen LogP) is 1.31. The Balaban J connectivity index is 1.88. The molecule has 1 fully saturated rings. The quantitative estimate of drug-likeness (QED) is 0.854. The van der Waals surface area contributed by atoms with Crippen molar-refractivity contribution in [2.45, 2.75) is 32.2 Å². The predicted molar refractivity (Wildman–Crippen MR) is 78.4 cm³/mol. The summed E-state index contributed by atoms with van der Waals surface area (Å²) in [7, 11) is 0. The lowest BCUT2D eigenvalue weighted by Crippen LogP contribution is -2.54. The maximum absolute atomic E-state index is 11.6. The highest BCUT2D eigenvalue weighted by Crippen LogP contribution is 2.20. The van der Waals surface area contributed by atoms with Gasteiger partial charge >= 0.3 is 0 Å². The van der Waals surface area contributed by atoms with E-state index in [1.807, 2.05) is 11.6 Å². The molecule has 1 aliphatic rings. The Morgan fingerprint density at radius 1 is 1.47 bits per heavy atom. The standard InChI is InChI=1S/C13H22N4OS/c1-2-3-4-11(12(14)18)16-6-8-17(9-7-16)13-15-5-10-19-13/h5,10-11H,2-4,6-9H2,1H3,(H2,14,18). The van der Waals surface area contributed by atoms with Crippen LogP contribution in [0.5, 0.6) is 0 Å². The van der Waals surface area contributed by atoms with Gasteiger partial charge in [-0.2, -0.15) is 0 Å². The van der Waals surface area contributed by atoms with Crippen molar-refractivity contribution in [1.82, 2.24) is 9.88 Å². The smallest absolute Gasteiger partial charge is 0.234 e. The van der Waals surface area contributed by atoms with Gasteiger partial charge in [0.15, 0.2) is 5.13 Å². The number of thiazole rings is 1. The van der Waals surface area contributed by atoms with Gasteiger partial charge in [0.05, 0.1) is 6.04 Å². The molecule has 1 unspecified atom stereocenters. The van der Waals surface area contributed by atoms with Crippen LogP contribution in [0, 0.1) is 0 Å². The number of amides is 1. The highest BCUT2D eigenvalue weighted by atomic mass is 32.1. The molecule has 0 aromatic carbocycles. The van der Waals surface area contributed by atoms with E-state index in [0.29, 0.717) is 0 Å². The number of carbonyl (C=O) groups is 1. The summed E-state index contributed by atoms with van der Waals surface area (Å²) < 4.78 is 0. The van der Waals surface area contributed by atoms with Crippen LogP contribution in [0.2, 0.25) is 0 Å². The monoisotopic (exact) mass is 282 g/mol. The van der Waals surface area contributed by atoms with Gasteiger partial charge in [-0.15, -0.1) is 11.3 Å². The van der Waals surface area contributed by atoms with Crippen LogP contribution in [0.4, 0.5) is 5.13 Å². The lowest BCUT2D eigenvalue weighted by Gasteiger charge is -2.38. The molecule has 1 aromatic heterocycles. The van der Waals surface area contributed by atoms with Crippen LogP contribution in [0.1, 0.15) is 26.2 Å². The molecular formula is C13H22N4OS. The van der Waals surface area contributed by atoms with E-state index in [1.165, 1.54) is 0 Å². The Labute approximate surface area is 118 Å². The minimum absolute atomic E-state index is 0.0987. The van der Waals surface area contributed by atoms with Gasteiger partial charge in [0, 0.05) is 37.8 Å². The lowest BCUT2D eigenvalue weighted by molar-refractivity contribution is -0.123. The van der Waals surface area contributed by atoms with Crippen molar-refractivity contribution in [3.63, 3.8) is 0 Å². The Morgan fingerprint density at radius 2 is 2.21 bits per heavy atom. The van der Waals surface area contributed by atoms with Gasteiger partial charge in [-0.1, -0.05) is 19.8 Å². The summed E-state index contributed by atoms with van der Waals surface area (Å²) in [5, 5.41) is 3.07. The molecule has 2 N–H and O–H groups in total. The summed E-state index contributed by atoms with van der Waals surface area (Å²) in [6, 6.07) is -0.0987. The number of rotatable bonds is 6. The van der Waals surface area contributed by atoms with Gasteiger partial charge in [0.2, 0.25) is 5.91 Å². The average Bonchev–Trinajstić information content (AvgIpc) is 2.93. The maximum Gasteiger partial charge on any atom is 0.234 e. The molecule has 2 rings (SSSR count). The van der Waals surface area contributed by atoms with Gasteiger partial charge in [-0.3, -0.25) is 9.69 Å². The molecule has 106 valence electrons. The minimum Gasteiger partial charge on any atom is -0.368 e. The van der Waals surface area contributed by atoms with Crippen molar-refractivity contribution in [2.24, 2.45) is 5.73 Å². The molecule has 1 saturated heterocycles. The van der Waals surface area contributed by atoms with E-state index in [9.17, 15) is 4.79 Å². The van der Waals surface area contributed by atoms with E-state index in [1.54, 1.807) is 11.3 Å². The van der Waals surface area contributed by atoms with Crippen LogP contribution in [0.15, 0.2) is 11.6 Å². The molecule has 0 bridgehead atoms. The molecule has 0 spiro atoms. The molecule has 5 nitrogen and oxygen atoms in total. The Morgan fingerprint density at radius 3 is 2.74 bits per heavy atom. The number of unbranched alkanes of at least 4 members (excludes halogenated alkanes) is 1. The fourth-order valence-electron chi connectivity index (χ4n) is 2.50. The molecular weight excluding hydrogens is 260 g/mol. The van der Waals surface area contributed by atoms with Gasteiger partial charge in [-0.05, 0) is 6.42 Å². The number of carbonyl (C=O) groups excluding carboxylic acids is 1. The molecule has 1 amide bonds. The highest BCUT2D eigenvalue weighted by molar-refractivity contribution is 7.13. The van der Waals surface area contributed by atoms with E-state index in [4.69, 9.17) is 5.73 Å². The topological polar surface area (TPSA) is 62.5 Å². The number of anilines is 1. The van der Waals surface area contributed by atoms with Crippen molar-refractivity contribution in [2.75, 3.05) is 31.1 Å². The Hall–Kier alpha value is -1.14. The molecule has 1 aromatic rings. The summed E-state index contributed by atoms with van der Waals surface area (Å²) in [5.41, 5.74) is 5.53. The number of nitrogens with two attached hydrogens (primary N) is 1.